The second kappa shape index (κ2) is 9.36. The van der Waals surface area contributed by atoms with Crippen molar-refractivity contribution >= 4 is 29.0 Å². The fraction of sp³-hybridized carbons (Fsp3) is 0.263. The molecule has 144 valence electrons. The number of rotatable bonds is 6. The zero-order valence-corrected chi connectivity index (χ0v) is 15.4. The number of anilines is 1. The standard InChI is InChI=1S/C19H19F3N2O2S/c1-2-26-17(25)15-8-10-16(11-9-15)23-18(27)24(13-19(20,21)22)12-14-6-4-3-5-7-14/h3-11H,2,12-13H2,1H3,(H,23,27). The van der Waals surface area contributed by atoms with E-state index in [1.807, 2.05) is 0 Å². The van der Waals surface area contributed by atoms with E-state index in [2.05, 4.69) is 5.32 Å². The van der Waals surface area contributed by atoms with Crippen molar-refractivity contribution in [3.05, 3.63) is 65.7 Å². The maximum absolute atomic E-state index is 12.9. The Hall–Kier alpha value is -2.61. The zero-order valence-electron chi connectivity index (χ0n) is 14.6. The number of carbonyl (C=O) groups is 1. The van der Waals surface area contributed by atoms with Crippen LogP contribution in [-0.2, 0) is 11.3 Å². The fourth-order valence-corrected chi connectivity index (χ4v) is 2.57. The monoisotopic (exact) mass is 396 g/mol. The second-order valence-corrected chi connectivity index (χ2v) is 6.07. The molecule has 0 atom stereocenters. The Morgan fingerprint density at radius 2 is 1.74 bits per heavy atom. The van der Waals surface area contributed by atoms with Gasteiger partial charge in [-0.2, -0.15) is 13.2 Å². The lowest BCUT2D eigenvalue weighted by atomic mass is 10.2. The molecule has 0 heterocycles. The van der Waals surface area contributed by atoms with Gasteiger partial charge in [0.2, 0.25) is 0 Å². The maximum Gasteiger partial charge on any atom is 0.406 e. The smallest absolute Gasteiger partial charge is 0.406 e. The molecule has 0 bridgehead atoms. The molecule has 0 unspecified atom stereocenters. The lowest BCUT2D eigenvalue weighted by Crippen LogP contribution is -2.40. The van der Waals surface area contributed by atoms with Crippen LogP contribution in [0.1, 0.15) is 22.8 Å². The Labute approximate surface area is 160 Å². The Bertz CT molecular complexity index is 765. The van der Waals surface area contributed by atoms with Crippen molar-refractivity contribution in [1.82, 2.24) is 4.90 Å². The number of esters is 1. The second-order valence-electron chi connectivity index (χ2n) is 5.68. The summed E-state index contributed by atoms with van der Waals surface area (Å²) in [5, 5.41) is 2.73. The summed E-state index contributed by atoms with van der Waals surface area (Å²) in [6.07, 6.45) is -4.39. The molecule has 2 rings (SSSR count). The first-order valence-corrected chi connectivity index (χ1v) is 8.63. The van der Waals surface area contributed by atoms with E-state index in [0.29, 0.717) is 16.8 Å². The molecule has 0 aliphatic heterocycles. The van der Waals surface area contributed by atoms with Gasteiger partial charge >= 0.3 is 12.1 Å². The fourth-order valence-electron chi connectivity index (χ4n) is 2.33. The number of nitrogens with zero attached hydrogens (tertiary/aromatic N) is 1. The first-order valence-electron chi connectivity index (χ1n) is 8.22. The predicted molar refractivity (Wildman–Crippen MR) is 102 cm³/mol. The van der Waals surface area contributed by atoms with Gasteiger partial charge in [-0.05, 0) is 49.0 Å². The molecule has 0 aliphatic rings. The molecule has 4 nitrogen and oxygen atoms in total. The van der Waals surface area contributed by atoms with E-state index in [4.69, 9.17) is 17.0 Å². The molecule has 0 amide bonds. The van der Waals surface area contributed by atoms with E-state index in [1.54, 1.807) is 49.4 Å². The van der Waals surface area contributed by atoms with Gasteiger partial charge in [0.1, 0.15) is 6.54 Å². The lowest BCUT2D eigenvalue weighted by Gasteiger charge is -2.27. The maximum atomic E-state index is 12.9. The molecule has 1 N–H and O–H groups in total. The Balaban J connectivity index is 2.09. The average Bonchev–Trinajstić information content (AvgIpc) is 2.61. The minimum Gasteiger partial charge on any atom is -0.462 e. The van der Waals surface area contributed by atoms with E-state index in [-0.39, 0.29) is 18.3 Å². The van der Waals surface area contributed by atoms with Crippen molar-refractivity contribution in [2.24, 2.45) is 0 Å². The molecule has 0 saturated carbocycles. The summed E-state index contributed by atoms with van der Waals surface area (Å²) in [6, 6.07) is 14.9. The van der Waals surface area contributed by atoms with Crippen molar-refractivity contribution in [1.29, 1.82) is 0 Å². The first-order chi connectivity index (χ1) is 12.8. The molecular weight excluding hydrogens is 377 g/mol. The Morgan fingerprint density at radius 1 is 1.11 bits per heavy atom. The summed E-state index contributed by atoms with van der Waals surface area (Å²) < 4.78 is 43.7. The van der Waals surface area contributed by atoms with Crippen LogP contribution < -0.4 is 5.32 Å². The number of halogens is 3. The topological polar surface area (TPSA) is 41.6 Å². The van der Waals surface area contributed by atoms with Crippen LogP contribution in [0.15, 0.2) is 54.6 Å². The van der Waals surface area contributed by atoms with Gasteiger partial charge in [0.05, 0.1) is 12.2 Å². The van der Waals surface area contributed by atoms with Crippen molar-refractivity contribution in [2.75, 3.05) is 18.5 Å². The Morgan fingerprint density at radius 3 is 2.30 bits per heavy atom. The highest BCUT2D eigenvalue weighted by Gasteiger charge is 2.32. The minimum absolute atomic E-state index is 0.0209. The number of thiocarbonyl (C=S) groups is 1. The zero-order chi connectivity index (χ0) is 19.9. The summed E-state index contributed by atoms with van der Waals surface area (Å²) in [4.78, 5) is 12.7. The quantitative estimate of drug-likeness (QED) is 0.570. The van der Waals surface area contributed by atoms with Gasteiger partial charge in [-0.15, -0.1) is 0 Å². The van der Waals surface area contributed by atoms with Gasteiger partial charge in [-0.3, -0.25) is 0 Å². The number of hydrogen-bond donors (Lipinski definition) is 1. The van der Waals surface area contributed by atoms with Crippen molar-refractivity contribution in [3.8, 4) is 0 Å². The Kier molecular flexibility index (Phi) is 7.18. The highest BCUT2D eigenvalue weighted by atomic mass is 32.1. The van der Waals surface area contributed by atoms with Crippen molar-refractivity contribution in [2.45, 2.75) is 19.6 Å². The van der Waals surface area contributed by atoms with Crippen LogP contribution in [0.4, 0.5) is 18.9 Å². The summed E-state index contributed by atoms with van der Waals surface area (Å²) in [6.45, 7) is 0.810. The number of benzene rings is 2. The third-order valence-corrected chi connectivity index (χ3v) is 3.88. The SMILES string of the molecule is CCOC(=O)c1ccc(NC(=S)N(Cc2ccccc2)CC(F)(F)F)cc1. The molecule has 27 heavy (non-hydrogen) atoms. The van der Waals surface area contributed by atoms with E-state index in [0.717, 1.165) is 4.90 Å². The summed E-state index contributed by atoms with van der Waals surface area (Å²) in [5.41, 5.74) is 1.54. The number of ether oxygens (including phenoxy) is 1. The van der Waals surface area contributed by atoms with Gasteiger partial charge in [-0.1, -0.05) is 30.3 Å². The molecule has 0 spiro atoms. The van der Waals surface area contributed by atoms with Crippen LogP contribution >= 0.6 is 12.2 Å². The summed E-state index contributed by atoms with van der Waals surface area (Å²) >= 11 is 5.17. The molecule has 2 aromatic carbocycles. The minimum atomic E-state index is -4.39. The lowest BCUT2D eigenvalue weighted by molar-refractivity contribution is -0.138. The molecule has 0 saturated heterocycles. The van der Waals surface area contributed by atoms with E-state index in [9.17, 15) is 18.0 Å². The van der Waals surface area contributed by atoms with E-state index < -0.39 is 18.7 Å². The normalized spacial score (nSPS) is 11.0. The summed E-state index contributed by atoms with van der Waals surface area (Å²) in [5.74, 6) is -0.464. The van der Waals surface area contributed by atoms with E-state index >= 15 is 0 Å². The molecule has 0 radical (unpaired) electrons. The van der Waals surface area contributed by atoms with Gasteiger partial charge in [-0.25, -0.2) is 4.79 Å². The van der Waals surface area contributed by atoms with Crippen LogP contribution in [0, 0.1) is 0 Å². The number of nitrogens with one attached hydrogen (secondary N) is 1. The summed E-state index contributed by atoms with van der Waals surface area (Å²) in [7, 11) is 0. The van der Waals surface area contributed by atoms with Crippen LogP contribution in [0.25, 0.3) is 0 Å². The van der Waals surface area contributed by atoms with Gasteiger partial charge in [0.15, 0.2) is 5.11 Å². The molecule has 0 aromatic heterocycles. The van der Waals surface area contributed by atoms with Crippen LogP contribution in [-0.4, -0.2) is 35.3 Å². The van der Waals surface area contributed by atoms with E-state index in [1.165, 1.54) is 12.1 Å². The molecule has 0 aliphatic carbocycles. The van der Waals surface area contributed by atoms with Crippen molar-refractivity contribution < 1.29 is 22.7 Å². The van der Waals surface area contributed by atoms with Crippen LogP contribution in [0.3, 0.4) is 0 Å². The van der Waals surface area contributed by atoms with Crippen molar-refractivity contribution in [3.63, 3.8) is 0 Å². The van der Waals surface area contributed by atoms with Gasteiger partial charge in [0, 0.05) is 12.2 Å². The molecule has 0 fully saturated rings. The third kappa shape index (κ3) is 6.90. The average molecular weight is 396 g/mol. The predicted octanol–water partition coefficient (Wildman–Crippen LogP) is 4.62. The largest absolute Gasteiger partial charge is 0.462 e. The molecular formula is C19H19F3N2O2S. The van der Waals surface area contributed by atoms with Gasteiger partial charge < -0.3 is 15.0 Å². The number of hydrogen-bond acceptors (Lipinski definition) is 3. The molecule has 2 aromatic rings. The molecule has 8 heteroatoms. The number of alkyl halides is 3. The first kappa shape index (κ1) is 20.7. The van der Waals surface area contributed by atoms with Crippen LogP contribution in [0.5, 0.6) is 0 Å². The number of carbonyl (C=O) groups excluding carboxylic acids is 1. The highest BCUT2D eigenvalue weighted by molar-refractivity contribution is 7.80. The van der Waals surface area contributed by atoms with Gasteiger partial charge in [0.25, 0.3) is 0 Å². The van der Waals surface area contributed by atoms with Crippen LogP contribution in [0.2, 0.25) is 0 Å². The third-order valence-electron chi connectivity index (χ3n) is 3.52. The highest BCUT2D eigenvalue weighted by Crippen LogP contribution is 2.20.